The lowest BCUT2D eigenvalue weighted by Crippen LogP contribution is -2.18. The Kier molecular flexibility index (Phi) is 3.28. The van der Waals surface area contributed by atoms with E-state index in [0.717, 1.165) is 39.7 Å². The molecule has 3 aromatic rings. The summed E-state index contributed by atoms with van der Waals surface area (Å²) in [6.07, 6.45) is 1.57. The molecule has 1 aromatic carbocycles. The van der Waals surface area contributed by atoms with E-state index >= 15 is 0 Å². The molecule has 5 nitrogen and oxygen atoms in total. The summed E-state index contributed by atoms with van der Waals surface area (Å²) in [4.78, 5) is 10.6. The van der Waals surface area contributed by atoms with Crippen molar-refractivity contribution in [1.29, 1.82) is 0 Å². The van der Waals surface area contributed by atoms with Crippen molar-refractivity contribution < 1.29 is 0 Å². The highest BCUT2D eigenvalue weighted by Gasteiger charge is 2.13. The highest BCUT2D eigenvalue weighted by atomic mass is 35.5. The van der Waals surface area contributed by atoms with Gasteiger partial charge in [0.15, 0.2) is 11.3 Å². The number of aryl methyl sites for hydroxylation is 1. The lowest BCUT2D eigenvalue weighted by atomic mass is 10.2. The zero-order valence-electron chi connectivity index (χ0n) is 11.3. The number of aromatic amines is 1. The van der Waals surface area contributed by atoms with Crippen molar-refractivity contribution in [2.75, 3.05) is 11.9 Å². The number of nitrogens with one attached hydrogen (secondary N) is 1. The van der Waals surface area contributed by atoms with Gasteiger partial charge in [-0.05, 0) is 24.6 Å². The first-order valence-corrected chi connectivity index (χ1v) is 6.64. The van der Waals surface area contributed by atoms with E-state index in [2.05, 4.69) is 20.2 Å². The van der Waals surface area contributed by atoms with Crippen molar-refractivity contribution in [1.82, 2.24) is 20.2 Å². The predicted octanol–water partition coefficient (Wildman–Crippen LogP) is 2.95. The Labute approximate surface area is 121 Å². The standard InChI is InChI=1S/C14H14ClN5/c1-9-12-13(19-18-9)14(17-8-16-12)20(2)7-10-3-5-11(15)6-4-10/h3-6,8H,7H2,1-2H3,(H,18,19). The van der Waals surface area contributed by atoms with Gasteiger partial charge in [0, 0.05) is 18.6 Å². The number of hydrogen-bond acceptors (Lipinski definition) is 4. The molecule has 0 saturated carbocycles. The molecule has 102 valence electrons. The lowest BCUT2D eigenvalue weighted by molar-refractivity contribution is 0.896. The largest absolute Gasteiger partial charge is 0.353 e. The second kappa shape index (κ2) is 5.09. The summed E-state index contributed by atoms with van der Waals surface area (Å²) in [5.74, 6) is 0.814. The highest BCUT2D eigenvalue weighted by molar-refractivity contribution is 6.30. The molecule has 0 aliphatic carbocycles. The summed E-state index contributed by atoms with van der Waals surface area (Å²) in [7, 11) is 1.99. The molecular formula is C14H14ClN5. The molecule has 2 aromatic heterocycles. The summed E-state index contributed by atoms with van der Waals surface area (Å²) in [6, 6.07) is 7.79. The van der Waals surface area contributed by atoms with Crippen LogP contribution in [0.5, 0.6) is 0 Å². The van der Waals surface area contributed by atoms with E-state index in [1.807, 2.05) is 43.1 Å². The van der Waals surface area contributed by atoms with Crippen molar-refractivity contribution >= 4 is 28.5 Å². The number of nitrogens with zero attached hydrogens (tertiary/aromatic N) is 4. The Morgan fingerprint density at radius 3 is 2.65 bits per heavy atom. The van der Waals surface area contributed by atoms with Crippen LogP contribution in [0.25, 0.3) is 11.0 Å². The van der Waals surface area contributed by atoms with Gasteiger partial charge in [0.25, 0.3) is 0 Å². The van der Waals surface area contributed by atoms with Crippen LogP contribution in [0.1, 0.15) is 11.3 Å². The third-order valence-electron chi connectivity index (χ3n) is 3.19. The van der Waals surface area contributed by atoms with Gasteiger partial charge in [-0.3, -0.25) is 5.10 Å². The van der Waals surface area contributed by atoms with E-state index in [4.69, 9.17) is 11.6 Å². The minimum atomic E-state index is 0.731. The quantitative estimate of drug-likeness (QED) is 0.805. The summed E-state index contributed by atoms with van der Waals surface area (Å²) < 4.78 is 0. The number of fused-ring (bicyclic) bond motifs is 1. The summed E-state index contributed by atoms with van der Waals surface area (Å²) in [5, 5.41) is 7.97. The first kappa shape index (κ1) is 12.9. The molecule has 1 N–H and O–H groups in total. The first-order valence-electron chi connectivity index (χ1n) is 6.26. The summed E-state index contributed by atoms with van der Waals surface area (Å²) in [5.41, 5.74) is 3.76. The Morgan fingerprint density at radius 1 is 1.15 bits per heavy atom. The van der Waals surface area contributed by atoms with Crippen molar-refractivity contribution in [3.63, 3.8) is 0 Å². The number of hydrogen-bond donors (Lipinski definition) is 1. The van der Waals surface area contributed by atoms with Crippen LogP contribution in [-0.4, -0.2) is 27.2 Å². The van der Waals surface area contributed by atoms with Gasteiger partial charge in [0.05, 0.1) is 5.69 Å². The van der Waals surface area contributed by atoms with E-state index in [1.165, 1.54) is 0 Å². The van der Waals surface area contributed by atoms with Crippen LogP contribution in [0.15, 0.2) is 30.6 Å². The van der Waals surface area contributed by atoms with Gasteiger partial charge in [-0.1, -0.05) is 23.7 Å². The monoisotopic (exact) mass is 287 g/mol. The van der Waals surface area contributed by atoms with Crippen molar-refractivity contribution in [2.45, 2.75) is 13.5 Å². The maximum Gasteiger partial charge on any atom is 0.160 e. The number of rotatable bonds is 3. The summed E-state index contributed by atoms with van der Waals surface area (Å²) >= 11 is 5.90. The van der Waals surface area contributed by atoms with Gasteiger partial charge in [-0.15, -0.1) is 0 Å². The molecule has 0 radical (unpaired) electrons. The average molecular weight is 288 g/mol. The number of aromatic nitrogens is 4. The van der Waals surface area contributed by atoms with E-state index in [0.29, 0.717) is 0 Å². The Balaban J connectivity index is 1.92. The highest BCUT2D eigenvalue weighted by Crippen LogP contribution is 2.23. The second-order valence-corrected chi connectivity index (χ2v) is 5.16. The Bertz CT molecular complexity index is 735. The zero-order valence-corrected chi connectivity index (χ0v) is 12.0. The van der Waals surface area contributed by atoms with Crippen LogP contribution in [0, 0.1) is 6.92 Å². The molecule has 0 bridgehead atoms. The van der Waals surface area contributed by atoms with Gasteiger partial charge >= 0.3 is 0 Å². The molecule has 0 amide bonds. The van der Waals surface area contributed by atoms with Crippen LogP contribution in [0.4, 0.5) is 5.82 Å². The topological polar surface area (TPSA) is 57.7 Å². The molecule has 20 heavy (non-hydrogen) atoms. The van der Waals surface area contributed by atoms with Gasteiger partial charge in [-0.25, -0.2) is 9.97 Å². The average Bonchev–Trinajstić information content (AvgIpc) is 2.83. The molecule has 0 atom stereocenters. The third-order valence-corrected chi connectivity index (χ3v) is 3.44. The van der Waals surface area contributed by atoms with Crippen molar-refractivity contribution in [3.05, 3.63) is 46.9 Å². The molecule has 6 heteroatoms. The maximum absolute atomic E-state index is 5.90. The fourth-order valence-corrected chi connectivity index (χ4v) is 2.28. The fraction of sp³-hybridized carbons (Fsp3) is 0.214. The number of H-pyrrole nitrogens is 1. The molecule has 0 aliphatic heterocycles. The number of anilines is 1. The molecule has 0 unspecified atom stereocenters. The van der Waals surface area contributed by atoms with Crippen LogP contribution in [0.3, 0.4) is 0 Å². The first-order chi connectivity index (χ1) is 9.65. The molecule has 0 spiro atoms. The van der Waals surface area contributed by atoms with Gasteiger partial charge in [-0.2, -0.15) is 5.10 Å². The van der Waals surface area contributed by atoms with Gasteiger partial charge in [0.2, 0.25) is 0 Å². The number of benzene rings is 1. The van der Waals surface area contributed by atoms with E-state index < -0.39 is 0 Å². The van der Waals surface area contributed by atoms with Crippen molar-refractivity contribution in [3.8, 4) is 0 Å². The van der Waals surface area contributed by atoms with Gasteiger partial charge in [0.1, 0.15) is 11.8 Å². The molecule has 3 rings (SSSR count). The van der Waals surface area contributed by atoms with Crippen LogP contribution in [0.2, 0.25) is 5.02 Å². The Hall–Kier alpha value is -2.14. The lowest BCUT2D eigenvalue weighted by Gasteiger charge is -2.18. The number of halogens is 1. The predicted molar refractivity (Wildman–Crippen MR) is 80.0 cm³/mol. The normalized spacial score (nSPS) is 10.9. The maximum atomic E-state index is 5.90. The van der Waals surface area contributed by atoms with E-state index in [9.17, 15) is 0 Å². The summed E-state index contributed by atoms with van der Waals surface area (Å²) in [6.45, 7) is 2.68. The molecule has 2 heterocycles. The smallest absolute Gasteiger partial charge is 0.160 e. The Morgan fingerprint density at radius 2 is 1.90 bits per heavy atom. The molecule has 0 fully saturated rings. The fourth-order valence-electron chi connectivity index (χ4n) is 2.16. The van der Waals surface area contributed by atoms with Crippen molar-refractivity contribution in [2.24, 2.45) is 0 Å². The van der Waals surface area contributed by atoms with Crippen LogP contribution < -0.4 is 4.90 Å². The second-order valence-electron chi connectivity index (χ2n) is 4.73. The minimum Gasteiger partial charge on any atom is -0.353 e. The van der Waals surface area contributed by atoms with Crippen LogP contribution >= 0.6 is 11.6 Å². The molecular weight excluding hydrogens is 274 g/mol. The minimum absolute atomic E-state index is 0.731. The molecule has 0 aliphatic rings. The van der Waals surface area contributed by atoms with Gasteiger partial charge < -0.3 is 4.90 Å². The van der Waals surface area contributed by atoms with E-state index in [-0.39, 0.29) is 0 Å². The molecule has 0 saturated heterocycles. The van der Waals surface area contributed by atoms with E-state index in [1.54, 1.807) is 6.33 Å². The zero-order chi connectivity index (χ0) is 14.1. The SMILES string of the molecule is Cc1[nH]nc2c(N(C)Cc3ccc(Cl)cc3)ncnc12. The third kappa shape index (κ3) is 2.32. The van der Waals surface area contributed by atoms with Crippen LogP contribution in [-0.2, 0) is 6.54 Å².